The summed E-state index contributed by atoms with van der Waals surface area (Å²) < 4.78 is 5.08. The molecule has 2 rings (SSSR count). The summed E-state index contributed by atoms with van der Waals surface area (Å²) in [7, 11) is 0. The SMILES string of the molecule is CC(C)C(C)(C)N1CCN2C(=O)OCC2C1. The van der Waals surface area contributed by atoms with Crippen molar-refractivity contribution in [3.05, 3.63) is 0 Å². The highest BCUT2D eigenvalue weighted by Crippen LogP contribution is 2.28. The first-order chi connectivity index (χ1) is 7.43. The summed E-state index contributed by atoms with van der Waals surface area (Å²) >= 11 is 0. The monoisotopic (exact) mass is 226 g/mol. The van der Waals surface area contributed by atoms with E-state index in [1.807, 2.05) is 4.90 Å². The quantitative estimate of drug-likeness (QED) is 0.716. The van der Waals surface area contributed by atoms with E-state index < -0.39 is 0 Å². The third kappa shape index (κ3) is 1.79. The predicted molar refractivity (Wildman–Crippen MR) is 62.3 cm³/mol. The molecule has 0 aromatic rings. The van der Waals surface area contributed by atoms with E-state index in [1.165, 1.54) is 0 Å². The van der Waals surface area contributed by atoms with Gasteiger partial charge in [-0.15, -0.1) is 0 Å². The van der Waals surface area contributed by atoms with E-state index in [0.29, 0.717) is 12.5 Å². The van der Waals surface area contributed by atoms with Gasteiger partial charge in [0.25, 0.3) is 0 Å². The van der Waals surface area contributed by atoms with E-state index in [9.17, 15) is 4.79 Å². The van der Waals surface area contributed by atoms with Gasteiger partial charge in [-0.25, -0.2) is 4.79 Å². The lowest BCUT2D eigenvalue weighted by molar-refractivity contribution is 0.0201. The van der Waals surface area contributed by atoms with Crippen LogP contribution in [0.25, 0.3) is 0 Å². The molecule has 1 unspecified atom stereocenters. The molecule has 1 atom stereocenters. The van der Waals surface area contributed by atoms with E-state index in [1.54, 1.807) is 0 Å². The Morgan fingerprint density at radius 3 is 2.69 bits per heavy atom. The van der Waals surface area contributed by atoms with Crippen molar-refractivity contribution in [3.8, 4) is 0 Å². The van der Waals surface area contributed by atoms with Crippen molar-refractivity contribution in [2.24, 2.45) is 5.92 Å². The second-order valence-corrected chi connectivity index (χ2v) is 5.68. The minimum absolute atomic E-state index is 0.132. The molecule has 0 saturated carbocycles. The van der Waals surface area contributed by atoms with Gasteiger partial charge in [0.1, 0.15) is 6.61 Å². The van der Waals surface area contributed by atoms with Crippen molar-refractivity contribution < 1.29 is 9.53 Å². The van der Waals surface area contributed by atoms with E-state index in [-0.39, 0.29) is 17.7 Å². The Hall–Kier alpha value is -0.770. The summed E-state index contributed by atoms with van der Waals surface area (Å²) in [5.41, 5.74) is 0.192. The van der Waals surface area contributed by atoms with Gasteiger partial charge in [0.2, 0.25) is 0 Å². The average Bonchev–Trinajstić information content (AvgIpc) is 2.60. The average molecular weight is 226 g/mol. The predicted octanol–water partition coefficient (Wildman–Crippen LogP) is 1.56. The molecule has 0 N–H and O–H groups in total. The highest BCUT2D eigenvalue weighted by molar-refractivity contribution is 5.70. The molecule has 0 bridgehead atoms. The Kier molecular flexibility index (Phi) is 2.86. The van der Waals surface area contributed by atoms with Crippen molar-refractivity contribution in [3.63, 3.8) is 0 Å². The van der Waals surface area contributed by atoms with Gasteiger partial charge in [0.15, 0.2) is 0 Å². The number of fused-ring (bicyclic) bond motifs is 1. The van der Waals surface area contributed by atoms with Crippen molar-refractivity contribution in [2.75, 3.05) is 26.2 Å². The Bertz CT molecular complexity index is 289. The molecule has 1 amide bonds. The fraction of sp³-hybridized carbons (Fsp3) is 0.917. The normalized spacial score (nSPS) is 27.2. The molecule has 2 fully saturated rings. The summed E-state index contributed by atoms with van der Waals surface area (Å²) in [6, 6.07) is 0.263. The van der Waals surface area contributed by atoms with Gasteiger partial charge >= 0.3 is 6.09 Å². The molecule has 4 heteroatoms. The number of cyclic esters (lactones) is 1. The molecule has 0 aliphatic carbocycles. The number of ether oxygens (including phenoxy) is 1. The topological polar surface area (TPSA) is 32.8 Å². The molecule has 2 saturated heterocycles. The van der Waals surface area contributed by atoms with Crippen LogP contribution in [0.2, 0.25) is 0 Å². The summed E-state index contributed by atoms with van der Waals surface area (Å²) in [6.07, 6.45) is -0.132. The first-order valence-electron chi connectivity index (χ1n) is 6.11. The molecule has 0 spiro atoms. The van der Waals surface area contributed by atoms with E-state index >= 15 is 0 Å². The van der Waals surface area contributed by atoms with Crippen LogP contribution >= 0.6 is 0 Å². The zero-order chi connectivity index (χ0) is 11.9. The number of rotatable bonds is 2. The smallest absolute Gasteiger partial charge is 0.410 e. The lowest BCUT2D eigenvalue weighted by Gasteiger charge is -2.47. The number of amides is 1. The van der Waals surface area contributed by atoms with Crippen LogP contribution < -0.4 is 0 Å². The van der Waals surface area contributed by atoms with Gasteiger partial charge in [0.05, 0.1) is 6.04 Å². The molecule has 2 aliphatic heterocycles. The highest BCUT2D eigenvalue weighted by atomic mass is 16.6. The van der Waals surface area contributed by atoms with E-state index in [4.69, 9.17) is 4.74 Å². The number of carbonyl (C=O) groups excluding carboxylic acids is 1. The number of carbonyl (C=O) groups is 1. The highest BCUT2D eigenvalue weighted by Gasteiger charge is 2.41. The minimum atomic E-state index is -0.132. The van der Waals surface area contributed by atoms with Gasteiger partial charge in [0, 0.05) is 25.2 Å². The molecule has 16 heavy (non-hydrogen) atoms. The molecule has 4 nitrogen and oxygen atoms in total. The molecular formula is C12H22N2O2. The largest absolute Gasteiger partial charge is 0.447 e. The molecule has 0 radical (unpaired) electrons. The summed E-state index contributed by atoms with van der Waals surface area (Å²) in [6.45, 7) is 12.3. The second-order valence-electron chi connectivity index (χ2n) is 5.68. The summed E-state index contributed by atoms with van der Waals surface area (Å²) in [5.74, 6) is 0.608. The van der Waals surface area contributed by atoms with Gasteiger partial charge < -0.3 is 4.74 Å². The molecular weight excluding hydrogens is 204 g/mol. The minimum Gasteiger partial charge on any atom is -0.447 e. The Labute approximate surface area is 97.5 Å². The van der Waals surface area contributed by atoms with E-state index in [0.717, 1.165) is 19.6 Å². The van der Waals surface area contributed by atoms with Gasteiger partial charge in [-0.1, -0.05) is 13.8 Å². The Morgan fingerprint density at radius 2 is 2.06 bits per heavy atom. The van der Waals surface area contributed by atoms with Crippen LogP contribution in [0.3, 0.4) is 0 Å². The number of hydrogen-bond donors (Lipinski definition) is 0. The summed E-state index contributed by atoms with van der Waals surface area (Å²) in [5, 5.41) is 0. The molecule has 0 aromatic carbocycles. The molecule has 2 heterocycles. The van der Waals surface area contributed by atoms with Crippen molar-refractivity contribution in [1.29, 1.82) is 0 Å². The van der Waals surface area contributed by atoms with Crippen molar-refractivity contribution in [1.82, 2.24) is 9.80 Å². The van der Waals surface area contributed by atoms with Gasteiger partial charge in [-0.05, 0) is 19.8 Å². The first kappa shape index (κ1) is 11.7. The Balaban J connectivity index is 2.04. The van der Waals surface area contributed by atoms with Crippen LogP contribution in [-0.2, 0) is 4.74 Å². The standard InChI is InChI=1S/C12H22N2O2/c1-9(2)12(3,4)13-5-6-14-10(7-13)8-16-11(14)15/h9-10H,5-8H2,1-4H3. The fourth-order valence-corrected chi connectivity index (χ4v) is 2.38. The molecule has 2 aliphatic rings. The zero-order valence-corrected chi connectivity index (χ0v) is 10.7. The van der Waals surface area contributed by atoms with Crippen molar-refractivity contribution in [2.45, 2.75) is 39.3 Å². The maximum atomic E-state index is 11.4. The number of piperazine rings is 1. The van der Waals surface area contributed by atoms with Crippen LogP contribution in [0.5, 0.6) is 0 Å². The number of nitrogens with zero attached hydrogens (tertiary/aromatic N) is 2. The Morgan fingerprint density at radius 1 is 1.38 bits per heavy atom. The zero-order valence-electron chi connectivity index (χ0n) is 10.7. The van der Waals surface area contributed by atoms with Gasteiger partial charge in [-0.3, -0.25) is 9.80 Å². The molecule has 0 aromatic heterocycles. The third-order valence-corrected chi connectivity index (χ3v) is 4.34. The van der Waals surface area contributed by atoms with Crippen LogP contribution in [0.4, 0.5) is 4.79 Å². The number of hydrogen-bond acceptors (Lipinski definition) is 3. The summed E-state index contributed by atoms with van der Waals surface area (Å²) in [4.78, 5) is 15.7. The maximum Gasteiger partial charge on any atom is 0.410 e. The van der Waals surface area contributed by atoms with Gasteiger partial charge in [-0.2, -0.15) is 0 Å². The maximum absolute atomic E-state index is 11.4. The van der Waals surface area contributed by atoms with Crippen LogP contribution in [0.1, 0.15) is 27.7 Å². The first-order valence-corrected chi connectivity index (χ1v) is 6.11. The lowest BCUT2D eigenvalue weighted by Crippen LogP contribution is -2.59. The second kappa shape index (κ2) is 3.91. The lowest BCUT2D eigenvalue weighted by atomic mass is 9.87. The van der Waals surface area contributed by atoms with E-state index in [2.05, 4.69) is 32.6 Å². The van der Waals surface area contributed by atoms with Crippen LogP contribution in [0.15, 0.2) is 0 Å². The van der Waals surface area contributed by atoms with Crippen molar-refractivity contribution >= 4 is 6.09 Å². The fourth-order valence-electron chi connectivity index (χ4n) is 2.38. The molecule has 92 valence electrons. The third-order valence-electron chi connectivity index (χ3n) is 4.34. The van der Waals surface area contributed by atoms with Crippen LogP contribution in [0, 0.1) is 5.92 Å². The van der Waals surface area contributed by atoms with Crippen LogP contribution in [-0.4, -0.2) is 53.7 Å².